The lowest BCUT2D eigenvalue weighted by Crippen LogP contribution is -2.46. The van der Waals surface area contributed by atoms with Crippen LogP contribution in [-0.2, 0) is 9.53 Å². The van der Waals surface area contributed by atoms with E-state index in [1.807, 2.05) is 0 Å². The maximum Gasteiger partial charge on any atom is 0.315 e. The van der Waals surface area contributed by atoms with Crippen molar-refractivity contribution in [2.75, 3.05) is 19.8 Å². The highest BCUT2D eigenvalue weighted by atomic mass is 16.5. The first-order valence-corrected chi connectivity index (χ1v) is 7.50. The second-order valence-electron chi connectivity index (χ2n) is 5.81. The van der Waals surface area contributed by atoms with Gasteiger partial charge in [-0.3, -0.25) is 4.79 Å². The fourth-order valence-electron chi connectivity index (χ4n) is 2.97. The number of carbonyl (C=O) groups excluding carboxylic acids is 1. The number of rotatable bonds is 4. The average Bonchev–Trinajstić information content (AvgIpc) is 2.46. The summed E-state index contributed by atoms with van der Waals surface area (Å²) in [4.78, 5) is 22.8. The number of amides is 2. The van der Waals surface area contributed by atoms with E-state index in [2.05, 4.69) is 10.6 Å². The van der Waals surface area contributed by atoms with Gasteiger partial charge >= 0.3 is 12.0 Å². The molecule has 2 unspecified atom stereocenters. The second-order valence-corrected chi connectivity index (χ2v) is 5.81. The van der Waals surface area contributed by atoms with Crippen molar-refractivity contribution < 1.29 is 19.4 Å². The van der Waals surface area contributed by atoms with Gasteiger partial charge in [-0.1, -0.05) is 6.42 Å². The number of urea groups is 1. The van der Waals surface area contributed by atoms with Crippen LogP contribution < -0.4 is 10.6 Å². The maximum absolute atomic E-state index is 11.8. The predicted octanol–water partition coefficient (Wildman–Crippen LogP) is 1.36. The summed E-state index contributed by atoms with van der Waals surface area (Å²) < 4.78 is 5.28. The predicted molar refractivity (Wildman–Crippen MR) is 73.5 cm³/mol. The van der Waals surface area contributed by atoms with Crippen molar-refractivity contribution in [2.45, 2.75) is 44.6 Å². The number of carboxylic acids is 1. The number of aliphatic carboxylic acids is 1. The van der Waals surface area contributed by atoms with Crippen LogP contribution in [-0.4, -0.2) is 42.9 Å². The van der Waals surface area contributed by atoms with E-state index in [4.69, 9.17) is 9.84 Å². The lowest BCUT2D eigenvalue weighted by atomic mass is 9.86. The SMILES string of the molecule is O=C(NCC1CCOCC1)NC1CCCC(C(=O)O)C1. The molecule has 2 amide bonds. The molecule has 1 saturated carbocycles. The van der Waals surface area contributed by atoms with Crippen molar-refractivity contribution in [3.8, 4) is 0 Å². The third-order valence-electron chi connectivity index (χ3n) is 4.25. The van der Waals surface area contributed by atoms with Crippen LogP contribution in [0.25, 0.3) is 0 Å². The van der Waals surface area contributed by atoms with Crippen LogP contribution in [0.15, 0.2) is 0 Å². The van der Waals surface area contributed by atoms with Crippen LogP contribution in [0.5, 0.6) is 0 Å². The van der Waals surface area contributed by atoms with Crippen molar-refractivity contribution in [3.63, 3.8) is 0 Å². The van der Waals surface area contributed by atoms with Crippen molar-refractivity contribution in [1.82, 2.24) is 10.6 Å². The topological polar surface area (TPSA) is 87.7 Å². The van der Waals surface area contributed by atoms with Gasteiger partial charge in [0, 0.05) is 25.8 Å². The Bertz CT molecular complexity index is 342. The third kappa shape index (κ3) is 4.67. The van der Waals surface area contributed by atoms with Crippen LogP contribution in [0.4, 0.5) is 4.79 Å². The molecule has 6 nitrogen and oxygen atoms in total. The van der Waals surface area contributed by atoms with E-state index in [9.17, 15) is 9.59 Å². The van der Waals surface area contributed by atoms with Crippen LogP contribution in [0, 0.1) is 11.8 Å². The van der Waals surface area contributed by atoms with Gasteiger partial charge in [0.05, 0.1) is 5.92 Å². The van der Waals surface area contributed by atoms with Crippen LogP contribution in [0.3, 0.4) is 0 Å². The van der Waals surface area contributed by atoms with E-state index in [-0.39, 0.29) is 18.0 Å². The first-order chi connectivity index (χ1) is 9.65. The molecule has 1 aliphatic carbocycles. The summed E-state index contributed by atoms with van der Waals surface area (Å²) in [5, 5.41) is 14.8. The lowest BCUT2D eigenvalue weighted by Gasteiger charge is -2.28. The number of carbonyl (C=O) groups is 2. The Morgan fingerprint density at radius 2 is 1.90 bits per heavy atom. The second kappa shape index (κ2) is 7.47. The summed E-state index contributed by atoms with van der Waals surface area (Å²) in [7, 11) is 0. The summed E-state index contributed by atoms with van der Waals surface area (Å²) in [6.07, 6.45) is 4.98. The maximum atomic E-state index is 11.8. The summed E-state index contributed by atoms with van der Waals surface area (Å²) in [6.45, 7) is 2.22. The number of hydrogen-bond donors (Lipinski definition) is 3. The third-order valence-corrected chi connectivity index (χ3v) is 4.25. The monoisotopic (exact) mass is 284 g/mol. The Morgan fingerprint density at radius 3 is 2.60 bits per heavy atom. The van der Waals surface area contributed by atoms with Gasteiger partial charge in [0.1, 0.15) is 0 Å². The van der Waals surface area contributed by atoms with Gasteiger partial charge in [-0.15, -0.1) is 0 Å². The van der Waals surface area contributed by atoms with E-state index in [1.165, 1.54) is 0 Å². The Morgan fingerprint density at radius 1 is 1.15 bits per heavy atom. The highest BCUT2D eigenvalue weighted by molar-refractivity contribution is 5.74. The minimum atomic E-state index is -0.751. The molecule has 0 aromatic rings. The lowest BCUT2D eigenvalue weighted by molar-refractivity contribution is -0.143. The molecule has 0 spiro atoms. The number of carboxylic acid groups (broad SMARTS) is 1. The molecule has 2 aliphatic rings. The summed E-state index contributed by atoms with van der Waals surface area (Å²) in [6, 6.07) is -0.188. The minimum Gasteiger partial charge on any atom is -0.481 e. The van der Waals surface area contributed by atoms with E-state index in [0.29, 0.717) is 18.9 Å². The Hall–Kier alpha value is -1.30. The molecular weight excluding hydrogens is 260 g/mol. The average molecular weight is 284 g/mol. The van der Waals surface area contributed by atoms with Gasteiger partial charge in [-0.05, 0) is 38.0 Å². The molecule has 0 radical (unpaired) electrons. The van der Waals surface area contributed by atoms with E-state index >= 15 is 0 Å². The highest BCUT2D eigenvalue weighted by Gasteiger charge is 2.27. The van der Waals surface area contributed by atoms with Crippen LogP contribution in [0.2, 0.25) is 0 Å². The normalized spacial score (nSPS) is 27.8. The van der Waals surface area contributed by atoms with Gasteiger partial charge in [-0.2, -0.15) is 0 Å². The minimum absolute atomic E-state index is 0.0143. The number of ether oxygens (including phenoxy) is 1. The largest absolute Gasteiger partial charge is 0.481 e. The zero-order valence-electron chi connectivity index (χ0n) is 11.8. The molecule has 6 heteroatoms. The van der Waals surface area contributed by atoms with Crippen LogP contribution >= 0.6 is 0 Å². The fraction of sp³-hybridized carbons (Fsp3) is 0.857. The molecule has 2 atom stereocenters. The molecule has 3 N–H and O–H groups in total. The molecule has 0 bridgehead atoms. The molecule has 1 aliphatic heterocycles. The number of nitrogens with one attached hydrogen (secondary N) is 2. The quantitative estimate of drug-likeness (QED) is 0.727. The van der Waals surface area contributed by atoms with E-state index in [0.717, 1.165) is 45.3 Å². The molecule has 2 rings (SSSR count). The van der Waals surface area contributed by atoms with Crippen molar-refractivity contribution in [1.29, 1.82) is 0 Å². The highest BCUT2D eigenvalue weighted by Crippen LogP contribution is 2.24. The Kier molecular flexibility index (Phi) is 5.64. The van der Waals surface area contributed by atoms with Crippen molar-refractivity contribution in [2.24, 2.45) is 11.8 Å². The van der Waals surface area contributed by atoms with Gasteiger partial charge in [0.2, 0.25) is 0 Å². The van der Waals surface area contributed by atoms with Gasteiger partial charge in [0.25, 0.3) is 0 Å². The zero-order chi connectivity index (χ0) is 14.4. The number of hydrogen-bond acceptors (Lipinski definition) is 3. The van der Waals surface area contributed by atoms with Gasteiger partial charge < -0.3 is 20.5 Å². The van der Waals surface area contributed by atoms with Crippen LogP contribution in [0.1, 0.15) is 38.5 Å². The first kappa shape index (κ1) is 15.1. The fourth-order valence-corrected chi connectivity index (χ4v) is 2.97. The van der Waals surface area contributed by atoms with Crippen molar-refractivity contribution in [3.05, 3.63) is 0 Å². The standard InChI is InChI=1S/C14H24N2O4/c17-13(18)11-2-1-3-12(8-11)16-14(19)15-9-10-4-6-20-7-5-10/h10-12H,1-9H2,(H,17,18)(H2,15,16,19). The zero-order valence-corrected chi connectivity index (χ0v) is 11.8. The van der Waals surface area contributed by atoms with Gasteiger partial charge in [-0.25, -0.2) is 4.79 Å². The summed E-state index contributed by atoms with van der Waals surface area (Å²) >= 11 is 0. The Labute approximate surface area is 119 Å². The summed E-state index contributed by atoms with van der Waals surface area (Å²) in [5.41, 5.74) is 0. The molecular formula is C14H24N2O4. The first-order valence-electron chi connectivity index (χ1n) is 7.50. The molecule has 2 fully saturated rings. The molecule has 1 saturated heterocycles. The smallest absolute Gasteiger partial charge is 0.315 e. The summed E-state index contributed by atoms with van der Waals surface area (Å²) in [5.74, 6) is -0.573. The van der Waals surface area contributed by atoms with E-state index < -0.39 is 5.97 Å². The van der Waals surface area contributed by atoms with Gasteiger partial charge in [0.15, 0.2) is 0 Å². The van der Waals surface area contributed by atoms with Crippen molar-refractivity contribution >= 4 is 12.0 Å². The van der Waals surface area contributed by atoms with E-state index in [1.54, 1.807) is 0 Å². The molecule has 0 aromatic carbocycles. The molecule has 1 heterocycles. The molecule has 20 heavy (non-hydrogen) atoms. The Balaban J connectivity index is 1.66. The molecule has 0 aromatic heterocycles. The molecule has 114 valence electrons.